The van der Waals surface area contributed by atoms with E-state index in [1.165, 1.54) is 0 Å². The Bertz CT molecular complexity index is 685. The normalized spacial score (nSPS) is 14.0. The second kappa shape index (κ2) is 6.49. The topological polar surface area (TPSA) is 45.2 Å². The number of phenolic OH excluding ortho intramolecular Hbond substituents is 1. The number of aromatic nitrogens is 1. The average molecular weight is 347 g/mol. The summed E-state index contributed by atoms with van der Waals surface area (Å²) in [4.78, 5) is 4.80. The fourth-order valence-electron chi connectivity index (χ4n) is 2.67. The van der Waals surface area contributed by atoms with Crippen molar-refractivity contribution in [3.05, 3.63) is 33.6 Å². The van der Waals surface area contributed by atoms with E-state index >= 15 is 0 Å². The van der Waals surface area contributed by atoms with E-state index in [1.807, 2.05) is 7.05 Å². The molecule has 1 atom stereocenters. The minimum absolute atomic E-state index is 0.128. The number of aromatic hydroxyl groups is 1. The second-order valence-corrected chi connectivity index (χ2v) is 9.39. The van der Waals surface area contributed by atoms with Crippen molar-refractivity contribution < 1.29 is 5.11 Å². The third kappa shape index (κ3) is 3.81. The van der Waals surface area contributed by atoms with Gasteiger partial charge in [0, 0.05) is 22.1 Å². The van der Waals surface area contributed by atoms with E-state index in [0.29, 0.717) is 5.75 Å². The van der Waals surface area contributed by atoms with E-state index in [0.717, 1.165) is 27.4 Å². The Labute approximate surface area is 150 Å². The zero-order chi connectivity index (χ0) is 18.3. The minimum atomic E-state index is -0.128. The van der Waals surface area contributed by atoms with Crippen LogP contribution in [0, 0.1) is 0 Å². The smallest absolute Gasteiger partial charge is 0.123 e. The van der Waals surface area contributed by atoms with Crippen molar-refractivity contribution in [1.29, 1.82) is 0 Å². The van der Waals surface area contributed by atoms with E-state index < -0.39 is 0 Å². The number of thiazole rings is 1. The van der Waals surface area contributed by atoms with Crippen molar-refractivity contribution in [2.24, 2.45) is 0 Å². The summed E-state index contributed by atoms with van der Waals surface area (Å²) in [6.45, 7) is 14.9. The molecular weight excluding hydrogens is 316 g/mol. The fraction of sp³-hybridized carbons (Fsp3) is 0.550. The summed E-state index contributed by atoms with van der Waals surface area (Å²) in [6.07, 6.45) is 0. The molecule has 0 bridgehead atoms. The molecule has 0 saturated carbocycles. The molecule has 24 heavy (non-hydrogen) atoms. The molecule has 0 aliphatic carbocycles. The molecule has 0 aliphatic heterocycles. The van der Waals surface area contributed by atoms with Crippen molar-refractivity contribution in [3.8, 4) is 17.0 Å². The lowest BCUT2D eigenvalue weighted by Gasteiger charge is -2.28. The molecular formula is C20H30N2OS. The van der Waals surface area contributed by atoms with Gasteiger partial charge in [-0.2, -0.15) is 0 Å². The number of benzene rings is 1. The van der Waals surface area contributed by atoms with Gasteiger partial charge in [0.15, 0.2) is 0 Å². The molecule has 0 radical (unpaired) electrons. The van der Waals surface area contributed by atoms with Crippen molar-refractivity contribution >= 4 is 11.3 Å². The van der Waals surface area contributed by atoms with Gasteiger partial charge in [-0.25, -0.2) is 4.98 Å². The Morgan fingerprint density at radius 3 is 1.96 bits per heavy atom. The Morgan fingerprint density at radius 2 is 1.54 bits per heavy atom. The first-order valence-electron chi connectivity index (χ1n) is 8.46. The highest BCUT2D eigenvalue weighted by molar-refractivity contribution is 7.10. The summed E-state index contributed by atoms with van der Waals surface area (Å²) < 4.78 is 0. The van der Waals surface area contributed by atoms with Crippen LogP contribution in [0.2, 0.25) is 0 Å². The van der Waals surface area contributed by atoms with Gasteiger partial charge < -0.3 is 10.4 Å². The lowest BCUT2D eigenvalue weighted by Crippen LogP contribution is -2.17. The van der Waals surface area contributed by atoms with Crippen LogP contribution in [0.25, 0.3) is 11.3 Å². The summed E-state index contributed by atoms with van der Waals surface area (Å²) in [7, 11) is 1.95. The standard InChI is InChI=1S/C20H30N2OS/c1-12(21-8)18-22-16(11-24-18)13-9-14(19(2,3)4)17(23)15(10-13)20(5,6)7/h9-12,21,23H,1-8H3/t12-/m1/s1. The molecule has 0 fully saturated rings. The van der Waals surface area contributed by atoms with Gasteiger partial charge in [-0.15, -0.1) is 11.3 Å². The Morgan fingerprint density at radius 1 is 1.04 bits per heavy atom. The predicted molar refractivity (Wildman–Crippen MR) is 104 cm³/mol. The quantitative estimate of drug-likeness (QED) is 0.783. The first-order valence-corrected chi connectivity index (χ1v) is 9.34. The number of nitrogens with zero attached hydrogens (tertiary/aromatic N) is 1. The molecule has 2 aromatic rings. The van der Waals surface area contributed by atoms with Crippen molar-refractivity contribution in [2.45, 2.75) is 65.3 Å². The molecule has 0 unspecified atom stereocenters. The molecule has 1 aromatic heterocycles. The maximum atomic E-state index is 10.8. The maximum Gasteiger partial charge on any atom is 0.123 e. The molecule has 132 valence electrons. The number of phenols is 1. The van der Waals surface area contributed by atoms with E-state index in [2.05, 4.69) is 71.3 Å². The van der Waals surface area contributed by atoms with Crippen LogP contribution >= 0.6 is 11.3 Å². The first-order chi connectivity index (χ1) is 10.9. The van der Waals surface area contributed by atoms with Gasteiger partial charge in [0.05, 0.1) is 11.7 Å². The van der Waals surface area contributed by atoms with Crippen LogP contribution in [0.15, 0.2) is 17.5 Å². The van der Waals surface area contributed by atoms with Crippen LogP contribution in [0.3, 0.4) is 0 Å². The first kappa shape index (κ1) is 18.9. The van der Waals surface area contributed by atoms with E-state index in [4.69, 9.17) is 4.98 Å². The Kier molecular flexibility index (Phi) is 5.12. The van der Waals surface area contributed by atoms with Crippen LogP contribution in [0.5, 0.6) is 5.75 Å². The summed E-state index contributed by atoms with van der Waals surface area (Å²) in [5.74, 6) is 0.415. The molecule has 0 saturated heterocycles. The van der Waals surface area contributed by atoms with Crippen molar-refractivity contribution in [3.63, 3.8) is 0 Å². The molecule has 3 nitrogen and oxygen atoms in total. The van der Waals surface area contributed by atoms with Gasteiger partial charge >= 0.3 is 0 Å². The highest BCUT2D eigenvalue weighted by Gasteiger charge is 2.27. The molecule has 0 amide bonds. The summed E-state index contributed by atoms with van der Waals surface area (Å²) in [5, 5.41) is 17.3. The van der Waals surface area contributed by atoms with Crippen LogP contribution in [0.1, 0.15) is 70.6 Å². The Hall–Kier alpha value is -1.39. The monoisotopic (exact) mass is 346 g/mol. The van der Waals surface area contributed by atoms with Crippen LogP contribution < -0.4 is 5.32 Å². The van der Waals surface area contributed by atoms with Crippen LogP contribution in [0.4, 0.5) is 0 Å². The zero-order valence-corrected chi connectivity index (χ0v) is 16.9. The predicted octanol–water partition coefficient (Wildman–Crippen LogP) is 5.39. The maximum absolute atomic E-state index is 10.8. The van der Waals surface area contributed by atoms with Gasteiger partial charge in [-0.05, 0) is 36.9 Å². The van der Waals surface area contributed by atoms with E-state index in [9.17, 15) is 5.11 Å². The summed E-state index contributed by atoms with van der Waals surface area (Å²) in [5.41, 5.74) is 3.75. The summed E-state index contributed by atoms with van der Waals surface area (Å²) in [6, 6.07) is 4.42. The van der Waals surface area contributed by atoms with Crippen LogP contribution in [-0.2, 0) is 10.8 Å². The van der Waals surface area contributed by atoms with Gasteiger partial charge in [0.25, 0.3) is 0 Å². The highest BCUT2D eigenvalue weighted by atomic mass is 32.1. The molecule has 2 N–H and O–H groups in total. The van der Waals surface area contributed by atoms with E-state index in [1.54, 1.807) is 11.3 Å². The average Bonchev–Trinajstić information content (AvgIpc) is 2.94. The number of rotatable bonds is 3. The molecule has 2 rings (SSSR count). The van der Waals surface area contributed by atoms with Crippen molar-refractivity contribution in [1.82, 2.24) is 10.3 Å². The van der Waals surface area contributed by atoms with Gasteiger partial charge in [0.2, 0.25) is 0 Å². The SMILES string of the molecule is CN[C@H](C)c1nc(-c2cc(C(C)(C)C)c(O)c(C(C)(C)C)c2)cs1. The number of hydrogen-bond acceptors (Lipinski definition) is 4. The second-order valence-electron chi connectivity index (χ2n) is 8.50. The number of nitrogens with one attached hydrogen (secondary N) is 1. The third-order valence-corrected chi connectivity index (χ3v) is 5.37. The minimum Gasteiger partial charge on any atom is -0.507 e. The molecule has 0 spiro atoms. The van der Waals surface area contributed by atoms with Crippen LogP contribution in [-0.4, -0.2) is 17.1 Å². The number of hydrogen-bond donors (Lipinski definition) is 2. The third-order valence-electron chi connectivity index (χ3n) is 4.35. The van der Waals surface area contributed by atoms with Crippen molar-refractivity contribution in [2.75, 3.05) is 7.05 Å². The molecule has 0 aliphatic rings. The zero-order valence-electron chi connectivity index (χ0n) is 16.1. The van der Waals surface area contributed by atoms with Gasteiger partial charge in [0.1, 0.15) is 10.8 Å². The fourth-order valence-corrected chi connectivity index (χ4v) is 3.56. The molecule has 1 aromatic carbocycles. The van der Waals surface area contributed by atoms with E-state index in [-0.39, 0.29) is 16.9 Å². The largest absolute Gasteiger partial charge is 0.507 e. The van der Waals surface area contributed by atoms with Gasteiger partial charge in [-0.1, -0.05) is 41.5 Å². The Balaban J connectivity index is 2.64. The highest BCUT2D eigenvalue weighted by Crippen LogP contribution is 2.42. The lowest BCUT2D eigenvalue weighted by atomic mass is 9.78. The van der Waals surface area contributed by atoms with Gasteiger partial charge in [-0.3, -0.25) is 0 Å². The summed E-state index contributed by atoms with van der Waals surface area (Å²) >= 11 is 1.67. The lowest BCUT2D eigenvalue weighted by molar-refractivity contribution is 0.423. The molecule has 4 heteroatoms. The molecule has 1 heterocycles.